The summed E-state index contributed by atoms with van der Waals surface area (Å²) in [4.78, 5) is 41.5. The summed E-state index contributed by atoms with van der Waals surface area (Å²) in [6, 6.07) is 9.55. The van der Waals surface area contributed by atoms with E-state index in [1.54, 1.807) is 37.4 Å². The molecule has 0 saturated carbocycles. The highest BCUT2D eigenvalue weighted by molar-refractivity contribution is 9.10. The van der Waals surface area contributed by atoms with Crippen LogP contribution in [0, 0.1) is 0 Å². The summed E-state index contributed by atoms with van der Waals surface area (Å²) in [7, 11) is 4.32. The van der Waals surface area contributed by atoms with Gasteiger partial charge in [0.1, 0.15) is 0 Å². The Hall–Kier alpha value is -3.31. The average molecular weight is 535 g/mol. The second kappa shape index (κ2) is 10.5. The fraction of sp³-hybridized carbons (Fsp3) is 0.182. The van der Waals surface area contributed by atoms with Crippen molar-refractivity contribution in [3.05, 3.63) is 56.9 Å². The van der Waals surface area contributed by atoms with Crippen molar-refractivity contribution in [3.8, 4) is 11.5 Å². The van der Waals surface area contributed by atoms with E-state index < -0.39 is 11.9 Å². The summed E-state index contributed by atoms with van der Waals surface area (Å²) in [5.41, 5.74) is 1.19. The molecule has 3 rings (SSSR count). The Balaban J connectivity index is 1.88. The molecule has 1 heterocycles. The first-order valence-electron chi connectivity index (χ1n) is 9.40. The number of carbonyl (C=O) groups excluding carboxylic acids is 2. The van der Waals surface area contributed by atoms with Crippen LogP contribution in [0.2, 0.25) is 0 Å². The first-order chi connectivity index (χ1) is 15.7. The maximum atomic E-state index is 12.7. The third kappa shape index (κ3) is 5.74. The molecule has 1 N–H and O–H groups in total. The van der Waals surface area contributed by atoms with Crippen LogP contribution in [0.1, 0.15) is 15.9 Å². The van der Waals surface area contributed by atoms with Crippen LogP contribution >= 0.6 is 27.7 Å². The number of amidine groups is 1. The summed E-state index contributed by atoms with van der Waals surface area (Å²) in [5.74, 6) is -1.16. The Bertz CT molecular complexity index is 1180. The van der Waals surface area contributed by atoms with Gasteiger partial charge in [-0.25, -0.2) is 14.6 Å². The van der Waals surface area contributed by atoms with Crippen LogP contribution in [0.15, 0.2) is 50.8 Å². The van der Waals surface area contributed by atoms with Crippen LogP contribution in [-0.4, -0.2) is 60.9 Å². The van der Waals surface area contributed by atoms with E-state index >= 15 is 0 Å². The predicted molar refractivity (Wildman–Crippen MR) is 127 cm³/mol. The topological polar surface area (TPSA) is 115 Å². The molecule has 1 fully saturated rings. The lowest BCUT2D eigenvalue weighted by molar-refractivity contribution is -0.143. The number of hydrogen-bond acceptors (Lipinski definition) is 8. The molecule has 0 radical (unpaired) electrons. The van der Waals surface area contributed by atoms with Gasteiger partial charge in [-0.1, -0.05) is 6.07 Å². The number of methoxy groups -OCH3 is 2. The van der Waals surface area contributed by atoms with Crippen LogP contribution in [0.25, 0.3) is 6.08 Å². The van der Waals surface area contributed by atoms with Gasteiger partial charge in [0.05, 0.1) is 34.8 Å². The Labute approximate surface area is 202 Å². The second-order valence-electron chi connectivity index (χ2n) is 6.62. The first-order valence-corrected chi connectivity index (χ1v) is 11.0. The van der Waals surface area contributed by atoms with Gasteiger partial charge in [-0.05, 0) is 69.7 Å². The molecule has 1 amide bonds. The molecule has 33 heavy (non-hydrogen) atoms. The zero-order chi connectivity index (χ0) is 24.1. The number of esters is 1. The summed E-state index contributed by atoms with van der Waals surface area (Å²) >= 11 is 4.56. The van der Waals surface area contributed by atoms with Crippen LogP contribution in [0.3, 0.4) is 0 Å². The van der Waals surface area contributed by atoms with Gasteiger partial charge < -0.3 is 19.3 Å². The summed E-state index contributed by atoms with van der Waals surface area (Å²) in [6.07, 6.45) is 1.68. The number of carboxylic acids is 1. The zero-order valence-electron chi connectivity index (χ0n) is 17.8. The standard InChI is InChI=1S/C22H19BrN2O7S/c1-25-20(27)17(33-22(25)24-14-6-4-5-13(10-14)21(28)29)9-12-7-15(23)19(16(8-12)30-2)32-11-18(26)31-3/h4-10H,11H2,1-3H3,(H,28,29). The first kappa shape index (κ1) is 24.3. The molecule has 0 spiro atoms. The Morgan fingerprint density at radius 1 is 1.24 bits per heavy atom. The van der Waals surface area contributed by atoms with E-state index in [-0.39, 0.29) is 18.1 Å². The molecule has 2 aromatic rings. The number of nitrogens with zero attached hydrogens (tertiary/aromatic N) is 2. The quantitative estimate of drug-likeness (QED) is 0.419. The number of carbonyl (C=O) groups is 3. The van der Waals surface area contributed by atoms with Crippen molar-refractivity contribution >= 4 is 62.5 Å². The summed E-state index contributed by atoms with van der Waals surface area (Å²) in [6.45, 7) is -0.284. The van der Waals surface area contributed by atoms with Crippen molar-refractivity contribution in [2.24, 2.45) is 4.99 Å². The number of hydrogen-bond donors (Lipinski definition) is 1. The number of likely N-dealkylation sites (N-methyl/N-ethyl adjacent to an activating group) is 1. The van der Waals surface area contributed by atoms with Crippen LogP contribution < -0.4 is 9.47 Å². The van der Waals surface area contributed by atoms with Gasteiger partial charge in [0.15, 0.2) is 23.3 Å². The normalized spacial score (nSPS) is 15.8. The van der Waals surface area contributed by atoms with Crippen molar-refractivity contribution in [1.82, 2.24) is 4.90 Å². The summed E-state index contributed by atoms with van der Waals surface area (Å²) in [5, 5.41) is 9.57. The minimum atomic E-state index is -1.06. The maximum absolute atomic E-state index is 12.7. The van der Waals surface area contributed by atoms with Gasteiger partial charge in [0.2, 0.25) is 0 Å². The number of carboxylic acid groups (broad SMARTS) is 1. The number of halogens is 1. The van der Waals surface area contributed by atoms with E-state index in [4.69, 9.17) is 14.6 Å². The number of amides is 1. The molecule has 1 saturated heterocycles. The molecule has 0 atom stereocenters. The van der Waals surface area contributed by atoms with Crippen LogP contribution in [0.5, 0.6) is 11.5 Å². The predicted octanol–water partition coefficient (Wildman–Crippen LogP) is 3.94. The average Bonchev–Trinajstić information content (AvgIpc) is 3.05. The Morgan fingerprint density at radius 2 is 2.00 bits per heavy atom. The van der Waals surface area contributed by atoms with E-state index in [2.05, 4.69) is 25.7 Å². The van der Waals surface area contributed by atoms with Crippen molar-refractivity contribution < 1.29 is 33.7 Å². The van der Waals surface area contributed by atoms with Crippen LogP contribution in [-0.2, 0) is 14.3 Å². The molecule has 2 aromatic carbocycles. The number of benzene rings is 2. The minimum absolute atomic E-state index is 0.107. The van der Waals surface area contributed by atoms with Gasteiger partial charge >= 0.3 is 11.9 Å². The molecule has 1 aliphatic heterocycles. The molecule has 0 bridgehead atoms. The minimum Gasteiger partial charge on any atom is -0.493 e. The van der Waals surface area contributed by atoms with E-state index in [1.807, 2.05) is 0 Å². The Kier molecular flexibility index (Phi) is 7.77. The SMILES string of the molecule is COC(=O)COc1c(Br)cc(C=C2SC(=Nc3cccc(C(=O)O)c3)N(C)C2=O)cc1OC. The molecule has 9 nitrogen and oxygen atoms in total. The lowest BCUT2D eigenvalue weighted by Gasteiger charge is -2.13. The van der Waals surface area contributed by atoms with Crippen molar-refractivity contribution in [2.75, 3.05) is 27.9 Å². The maximum Gasteiger partial charge on any atom is 0.343 e. The van der Waals surface area contributed by atoms with E-state index in [1.165, 1.54) is 31.3 Å². The molecular formula is C22H19BrN2O7S. The molecule has 0 aliphatic carbocycles. The zero-order valence-corrected chi connectivity index (χ0v) is 20.2. The third-order valence-electron chi connectivity index (χ3n) is 4.43. The fourth-order valence-electron chi connectivity index (χ4n) is 2.78. The van der Waals surface area contributed by atoms with Crippen molar-refractivity contribution in [1.29, 1.82) is 0 Å². The molecule has 0 aromatic heterocycles. The molecule has 0 unspecified atom stereocenters. The van der Waals surface area contributed by atoms with Crippen molar-refractivity contribution in [3.63, 3.8) is 0 Å². The lowest BCUT2D eigenvalue weighted by Crippen LogP contribution is -2.23. The highest BCUT2D eigenvalue weighted by Crippen LogP contribution is 2.39. The number of rotatable bonds is 7. The smallest absolute Gasteiger partial charge is 0.343 e. The van der Waals surface area contributed by atoms with Gasteiger partial charge in [-0.2, -0.15) is 0 Å². The van der Waals surface area contributed by atoms with Gasteiger partial charge in [0.25, 0.3) is 5.91 Å². The van der Waals surface area contributed by atoms with Crippen LogP contribution in [0.4, 0.5) is 5.69 Å². The largest absolute Gasteiger partial charge is 0.493 e. The third-order valence-corrected chi connectivity index (χ3v) is 6.08. The van der Waals surface area contributed by atoms with Gasteiger partial charge in [-0.3, -0.25) is 9.69 Å². The van der Waals surface area contributed by atoms with E-state index in [0.29, 0.717) is 37.3 Å². The fourth-order valence-corrected chi connectivity index (χ4v) is 4.34. The number of aromatic carboxylic acids is 1. The molecule has 172 valence electrons. The number of aliphatic imine (C=N–C) groups is 1. The van der Waals surface area contributed by atoms with Gasteiger partial charge in [-0.15, -0.1) is 0 Å². The highest BCUT2D eigenvalue weighted by atomic mass is 79.9. The van der Waals surface area contributed by atoms with Gasteiger partial charge in [0, 0.05) is 7.05 Å². The molecular weight excluding hydrogens is 516 g/mol. The number of ether oxygens (including phenoxy) is 3. The Morgan fingerprint density at radius 3 is 2.67 bits per heavy atom. The number of thioether (sulfide) groups is 1. The van der Waals surface area contributed by atoms with Crippen molar-refractivity contribution in [2.45, 2.75) is 0 Å². The van der Waals surface area contributed by atoms with E-state index in [0.717, 1.165) is 11.8 Å². The highest BCUT2D eigenvalue weighted by Gasteiger charge is 2.30. The monoisotopic (exact) mass is 534 g/mol. The summed E-state index contributed by atoms with van der Waals surface area (Å²) < 4.78 is 15.9. The molecule has 11 heteroatoms. The van der Waals surface area contributed by atoms with E-state index in [9.17, 15) is 14.4 Å². The molecule has 1 aliphatic rings. The second-order valence-corrected chi connectivity index (χ2v) is 8.49. The lowest BCUT2D eigenvalue weighted by atomic mass is 10.2.